The third kappa shape index (κ3) is 3.91. The van der Waals surface area contributed by atoms with Crippen molar-refractivity contribution in [1.29, 1.82) is 0 Å². The van der Waals surface area contributed by atoms with Gasteiger partial charge in [-0.2, -0.15) is 0 Å². The van der Waals surface area contributed by atoms with Gasteiger partial charge in [-0.05, 0) is 33.3 Å². The van der Waals surface area contributed by atoms with Gasteiger partial charge in [-0.15, -0.1) is 0 Å². The topological polar surface area (TPSA) is 64.8 Å². The van der Waals surface area contributed by atoms with Crippen molar-refractivity contribution >= 4 is 6.09 Å². The maximum Gasteiger partial charge on any atom is 0.410 e. The lowest BCUT2D eigenvalue weighted by molar-refractivity contribution is 0.0185. The zero-order valence-corrected chi connectivity index (χ0v) is 13.8. The fourth-order valence-corrected chi connectivity index (χ4v) is 2.76. The molecule has 0 aliphatic carbocycles. The summed E-state index contributed by atoms with van der Waals surface area (Å²) in [4.78, 5) is 14.0. The van der Waals surface area contributed by atoms with Crippen LogP contribution in [0.5, 0.6) is 5.75 Å². The molecule has 1 aromatic carbocycles. The zero-order chi connectivity index (χ0) is 16.3. The van der Waals surface area contributed by atoms with Crippen LogP contribution in [-0.4, -0.2) is 42.8 Å². The molecule has 1 aliphatic heterocycles. The van der Waals surface area contributed by atoms with Gasteiger partial charge in [-0.3, -0.25) is 0 Å². The van der Waals surface area contributed by atoms with E-state index in [9.17, 15) is 4.79 Å². The van der Waals surface area contributed by atoms with Gasteiger partial charge < -0.3 is 20.1 Å². The van der Waals surface area contributed by atoms with E-state index in [1.165, 1.54) is 0 Å². The molecule has 0 aromatic heterocycles. The van der Waals surface area contributed by atoms with E-state index >= 15 is 0 Å². The highest BCUT2D eigenvalue weighted by atomic mass is 16.6. The molecule has 2 atom stereocenters. The summed E-state index contributed by atoms with van der Waals surface area (Å²) in [6.07, 6.45) is 0.474. The van der Waals surface area contributed by atoms with Gasteiger partial charge >= 0.3 is 6.09 Å². The molecule has 1 fully saturated rings. The van der Waals surface area contributed by atoms with E-state index in [1.54, 1.807) is 12.0 Å². The maximum atomic E-state index is 12.3. The molecule has 1 aromatic rings. The smallest absolute Gasteiger partial charge is 0.410 e. The molecular weight excluding hydrogens is 280 g/mol. The number of amides is 1. The Kier molecular flexibility index (Phi) is 4.96. The number of benzene rings is 1. The molecule has 2 rings (SSSR count). The monoisotopic (exact) mass is 306 g/mol. The third-order valence-corrected chi connectivity index (χ3v) is 3.86. The lowest BCUT2D eigenvalue weighted by Crippen LogP contribution is -2.49. The van der Waals surface area contributed by atoms with E-state index in [4.69, 9.17) is 15.2 Å². The number of hydrogen-bond acceptors (Lipinski definition) is 4. The average molecular weight is 306 g/mol. The molecule has 0 bridgehead atoms. The number of nitrogens with two attached hydrogens (primary N) is 1. The van der Waals surface area contributed by atoms with Crippen molar-refractivity contribution in [2.45, 2.75) is 44.8 Å². The summed E-state index contributed by atoms with van der Waals surface area (Å²) in [6, 6.07) is 7.85. The van der Waals surface area contributed by atoms with Gasteiger partial charge in [0.2, 0.25) is 0 Å². The van der Waals surface area contributed by atoms with Crippen LogP contribution < -0.4 is 10.5 Å². The number of piperidine rings is 1. The molecular formula is C17H26N2O3. The Labute approximate surface area is 132 Å². The first-order valence-electron chi connectivity index (χ1n) is 7.68. The third-order valence-electron chi connectivity index (χ3n) is 3.86. The Hall–Kier alpha value is -1.75. The molecule has 1 amide bonds. The van der Waals surface area contributed by atoms with Crippen LogP contribution in [0.15, 0.2) is 24.3 Å². The second-order valence-electron chi connectivity index (χ2n) is 6.73. The van der Waals surface area contributed by atoms with Crippen molar-refractivity contribution in [3.63, 3.8) is 0 Å². The van der Waals surface area contributed by atoms with Gasteiger partial charge in [0.15, 0.2) is 0 Å². The van der Waals surface area contributed by atoms with Gasteiger partial charge in [-0.1, -0.05) is 18.2 Å². The van der Waals surface area contributed by atoms with Crippen LogP contribution in [0.3, 0.4) is 0 Å². The van der Waals surface area contributed by atoms with Crippen LogP contribution in [0.2, 0.25) is 0 Å². The molecule has 1 aliphatic rings. The first-order valence-corrected chi connectivity index (χ1v) is 7.68. The summed E-state index contributed by atoms with van der Waals surface area (Å²) in [5, 5.41) is 0. The van der Waals surface area contributed by atoms with Crippen molar-refractivity contribution in [3.05, 3.63) is 29.8 Å². The zero-order valence-electron chi connectivity index (χ0n) is 13.8. The highest BCUT2D eigenvalue weighted by Crippen LogP contribution is 2.33. The molecule has 122 valence electrons. The normalized spacial score (nSPS) is 22.3. The van der Waals surface area contributed by atoms with Crippen molar-refractivity contribution in [2.24, 2.45) is 5.73 Å². The van der Waals surface area contributed by atoms with E-state index in [2.05, 4.69) is 0 Å². The van der Waals surface area contributed by atoms with Crippen LogP contribution in [0.4, 0.5) is 4.79 Å². The molecule has 0 radical (unpaired) electrons. The molecule has 0 spiro atoms. The van der Waals surface area contributed by atoms with Crippen LogP contribution in [0.1, 0.15) is 38.7 Å². The molecule has 22 heavy (non-hydrogen) atoms. The first kappa shape index (κ1) is 16.6. The Balaban J connectivity index is 2.16. The van der Waals surface area contributed by atoms with Crippen LogP contribution in [0.25, 0.3) is 0 Å². The average Bonchev–Trinajstić information content (AvgIpc) is 2.46. The van der Waals surface area contributed by atoms with Crippen molar-refractivity contribution in [2.75, 3.05) is 20.2 Å². The lowest BCUT2D eigenvalue weighted by atomic mass is 9.86. The maximum absolute atomic E-state index is 12.3. The lowest BCUT2D eigenvalue weighted by Gasteiger charge is -2.38. The van der Waals surface area contributed by atoms with Crippen molar-refractivity contribution < 1.29 is 14.3 Å². The fraction of sp³-hybridized carbons (Fsp3) is 0.588. The van der Waals surface area contributed by atoms with Gasteiger partial charge in [-0.25, -0.2) is 4.79 Å². The van der Waals surface area contributed by atoms with Crippen molar-refractivity contribution in [3.8, 4) is 5.75 Å². The van der Waals surface area contributed by atoms with Crippen molar-refractivity contribution in [1.82, 2.24) is 4.90 Å². The SMILES string of the molecule is COc1ccccc1[C@H]1CN(C(=O)OC(C)(C)C)CC[C@H]1N. The molecule has 0 saturated carbocycles. The molecule has 0 unspecified atom stereocenters. The molecule has 5 nitrogen and oxygen atoms in total. The predicted octanol–water partition coefficient (Wildman–Crippen LogP) is 2.75. The fourth-order valence-electron chi connectivity index (χ4n) is 2.76. The summed E-state index contributed by atoms with van der Waals surface area (Å²) in [5.74, 6) is 0.867. The minimum absolute atomic E-state index is 0.00925. The van der Waals surface area contributed by atoms with E-state index in [-0.39, 0.29) is 18.1 Å². The molecule has 1 heterocycles. The van der Waals surface area contributed by atoms with Gasteiger partial charge in [0, 0.05) is 30.6 Å². The van der Waals surface area contributed by atoms with Crippen LogP contribution in [0, 0.1) is 0 Å². The van der Waals surface area contributed by atoms with Crippen LogP contribution in [-0.2, 0) is 4.74 Å². The number of likely N-dealkylation sites (tertiary alicyclic amines) is 1. The number of carbonyl (C=O) groups excluding carboxylic acids is 1. The molecule has 2 N–H and O–H groups in total. The largest absolute Gasteiger partial charge is 0.496 e. The van der Waals surface area contributed by atoms with Crippen LogP contribution >= 0.6 is 0 Å². The Bertz CT molecular complexity index is 525. The Morgan fingerprint density at radius 3 is 2.64 bits per heavy atom. The minimum Gasteiger partial charge on any atom is -0.496 e. The standard InChI is InChI=1S/C17H26N2O3/c1-17(2,3)22-16(20)19-10-9-14(18)13(11-19)12-7-5-6-8-15(12)21-4/h5-8,13-14H,9-11,18H2,1-4H3/t13-,14-/m1/s1. The Morgan fingerprint density at radius 2 is 2.00 bits per heavy atom. The van der Waals surface area contributed by atoms with E-state index < -0.39 is 5.60 Å². The summed E-state index contributed by atoms with van der Waals surface area (Å²) in [7, 11) is 1.65. The number of hydrogen-bond donors (Lipinski definition) is 1. The van der Waals surface area contributed by atoms with E-state index in [0.717, 1.165) is 17.7 Å². The number of methoxy groups -OCH3 is 1. The highest BCUT2D eigenvalue weighted by molar-refractivity contribution is 5.68. The quantitative estimate of drug-likeness (QED) is 0.912. The second kappa shape index (κ2) is 6.57. The summed E-state index contributed by atoms with van der Waals surface area (Å²) >= 11 is 0. The van der Waals surface area contributed by atoms with E-state index in [1.807, 2.05) is 45.0 Å². The second-order valence-corrected chi connectivity index (χ2v) is 6.73. The van der Waals surface area contributed by atoms with Gasteiger partial charge in [0.1, 0.15) is 11.4 Å². The highest BCUT2D eigenvalue weighted by Gasteiger charge is 2.33. The van der Waals surface area contributed by atoms with Gasteiger partial charge in [0.25, 0.3) is 0 Å². The first-order chi connectivity index (χ1) is 10.3. The number of rotatable bonds is 2. The predicted molar refractivity (Wildman–Crippen MR) is 86.1 cm³/mol. The van der Waals surface area contributed by atoms with E-state index in [0.29, 0.717) is 13.1 Å². The number of para-hydroxylation sites is 1. The number of nitrogens with zero attached hydrogens (tertiary/aromatic N) is 1. The molecule has 1 saturated heterocycles. The number of ether oxygens (including phenoxy) is 2. The Morgan fingerprint density at radius 1 is 1.32 bits per heavy atom. The minimum atomic E-state index is -0.490. The number of carbonyl (C=O) groups is 1. The summed E-state index contributed by atoms with van der Waals surface area (Å²) in [5.41, 5.74) is 6.85. The summed E-state index contributed by atoms with van der Waals surface area (Å²) in [6.45, 7) is 6.80. The summed E-state index contributed by atoms with van der Waals surface area (Å²) < 4.78 is 10.9. The molecule has 5 heteroatoms. The van der Waals surface area contributed by atoms with Gasteiger partial charge in [0.05, 0.1) is 7.11 Å².